The number of amides is 1. The number of benzene rings is 1. The third-order valence-electron chi connectivity index (χ3n) is 1.62. The summed E-state index contributed by atoms with van der Waals surface area (Å²) in [6.45, 7) is 1.97. The van der Waals surface area contributed by atoms with Gasteiger partial charge in [-0.2, -0.15) is 0 Å². The van der Waals surface area contributed by atoms with E-state index in [9.17, 15) is 4.79 Å². The number of carbonyl (C=O) groups is 1. The SMILES string of the molecule is CCSc1c(Cl)cc(N)cc1C(N)=O. The average molecular weight is 231 g/mol. The summed E-state index contributed by atoms with van der Waals surface area (Å²) in [4.78, 5) is 11.8. The molecule has 1 amide bonds. The zero-order chi connectivity index (χ0) is 10.7. The van der Waals surface area contributed by atoms with Gasteiger partial charge in [0.25, 0.3) is 0 Å². The van der Waals surface area contributed by atoms with Gasteiger partial charge in [0.1, 0.15) is 0 Å². The van der Waals surface area contributed by atoms with Gasteiger partial charge in [0, 0.05) is 10.6 Å². The molecule has 1 aromatic rings. The highest BCUT2D eigenvalue weighted by atomic mass is 35.5. The predicted molar refractivity (Wildman–Crippen MR) is 60.8 cm³/mol. The van der Waals surface area contributed by atoms with Crippen LogP contribution in [0.5, 0.6) is 0 Å². The Bertz CT molecular complexity index is 368. The molecule has 5 heteroatoms. The molecule has 0 radical (unpaired) electrons. The lowest BCUT2D eigenvalue weighted by molar-refractivity contribution is 0.0997. The van der Waals surface area contributed by atoms with Crippen molar-refractivity contribution in [2.45, 2.75) is 11.8 Å². The molecule has 0 spiro atoms. The van der Waals surface area contributed by atoms with Gasteiger partial charge < -0.3 is 11.5 Å². The number of anilines is 1. The maximum Gasteiger partial charge on any atom is 0.249 e. The minimum absolute atomic E-state index is 0.391. The Morgan fingerprint density at radius 3 is 2.71 bits per heavy atom. The second kappa shape index (κ2) is 4.57. The van der Waals surface area contributed by atoms with Crippen LogP contribution in [0.1, 0.15) is 17.3 Å². The van der Waals surface area contributed by atoms with E-state index in [0.717, 1.165) is 5.75 Å². The van der Waals surface area contributed by atoms with Gasteiger partial charge in [0.05, 0.1) is 10.6 Å². The van der Waals surface area contributed by atoms with Crippen molar-refractivity contribution in [3.05, 3.63) is 22.7 Å². The van der Waals surface area contributed by atoms with E-state index in [0.29, 0.717) is 21.2 Å². The van der Waals surface area contributed by atoms with Crippen LogP contribution in [0.15, 0.2) is 17.0 Å². The fourth-order valence-electron chi connectivity index (χ4n) is 1.09. The topological polar surface area (TPSA) is 69.1 Å². The number of rotatable bonds is 3. The summed E-state index contributed by atoms with van der Waals surface area (Å²) < 4.78 is 0. The van der Waals surface area contributed by atoms with Gasteiger partial charge in [-0.1, -0.05) is 18.5 Å². The zero-order valence-corrected chi connectivity index (χ0v) is 9.28. The number of hydrogen-bond acceptors (Lipinski definition) is 3. The molecule has 0 fully saturated rings. The molecule has 0 unspecified atom stereocenters. The average Bonchev–Trinajstić information content (AvgIpc) is 2.09. The van der Waals surface area contributed by atoms with Gasteiger partial charge in [0.15, 0.2) is 0 Å². The minimum atomic E-state index is -0.504. The molecule has 0 aliphatic heterocycles. The molecule has 76 valence electrons. The van der Waals surface area contributed by atoms with Gasteiger partial charge in [-0.25, -0.2) is 0 Å². The number of nitrogens with two attached hydrogens (primary N) is 2. The first kappa shape index (κ1) is 11.2. The van der Waals surface area contributed by atoms with E-state index in [4.69, 9.17) is 23.1 Å². The van der Waals surface area contributed by atoms with Crippen LogP contribution in [0, 0.1) is 0 Å². The van der Waals surface area contributed by atoms with Crippen LogP contribution < -0.4 is 11.5 Å². The maximum absolute atomic E-state index is 11.1. The van der Waals surface area contributed by atoms with E-state index in [1.165, 1.54) is 11.8 Å². The summed E-state index contributed by atoms with van der Waals surface area (Å²) in [6.07, 6.45) is 0. The quantitative estimate of drug-likeness (QED) is 0.618. The molecule has 1 rings (SSSR count). The highest BCUT2D eigenvalue weighted by molar-refractivity contribution is 7.99. The van der Waals surface area contributed by atoms with Crippen LogP contribution in [0.3, 0.4) is 0 Å². The van der Waals surface area contributed by atoms with E-state index in [2.05, 4.69) is 0 Å². The molecular weight excluding hydrogens is 220 g/mol. The van der Waals surface area contributed by atoms with Crippen molar-refractivity contribution in [2.24, 2.45) is 5.73 Å². The molecule has 0 bridgehead atoms. The molecule has 0 saturated heterocycles. The first-order valence-electron chi connectivity index (χ1n) is 4.08. The molecule has 4 N–H and O–H groups in total. The largest absolute Gasteiger partial charge is 0.399 e. The number of hydrogen-bond donors (Lipinski definition) is 2. The van der Waals surface area contributed by atoms with Crippen molar-refractivity contribution >= 4 is 35.0 Å². The van der Waals surface area contributed by atoms with Crippen molar-refractivity contribution in [2.75, 3.05) is 11.5 Å². The normalized spacial score (nSPS) is 10.1. The summed E-state index contributed by atoms with van der Waals surface area (Å²) in [5.74, 6) is 0.319. The molecule has 0 heterocycles. The van der Waals surface area contributed by atoms with E-state index >= 15 is 0 Å². The first-order chi connectivity index (χ1) is 6.56. The highest BCUT2D eigenvalue weighted by Gasteiger charge is 2.12. The second-order valence-corrected chi connectivity index (χ2v) is 4.36. The number of halogens is 1. The Hall–Kier alpha value is -0.870. The Morgan fingerprint density at radius 2 is 2.21 bits per heavy atom. The summed E-state index contributed by atoms with van der Waals surface area (Å²) in [5.41, 5.74) is 11.6. The van der Waals surface area contributed by atoms with Crippen molar-refractivity contribution in [1.82, 2.24) is 0 Å². The Morgan fingerprint density at radius 1 is 1.57 bits per heavy atom. The molecular formula is C9H11ClN2OS. The van der Waals surface area contributed by atoms with E-state index in [1.54, 1.807) is 12.1 Å². The van der Waals surface area contributed by atoms with Crippen molar-refractivity contribution < 1.29 is 4.79 Å². The number of nitrogen functional groups attached to an aromatic ring is 1. The molecule has 0 aromatic heterocycles. The van der Waals surface area contributed by atoms with Crippen molar-refractivity contribution in [3.63, 3.8) is 0 Å². The van der Waals surface area contributed by atoms with Gasteiger partial charge >= 0.3 is 0 Å². The van der Waals surface area contributed by atoms with E-state index < -0.39 is 5.91 Å². The lowest BCUT2D eigenvalue weighted by Crippen LogP contribution is -2.13. The van der Waals surface area contributed by atoms with Gasteiger partial charge in [-0.05, 0) is 17.9 Å². The second-order valence-electron chi connectivity index (χ2n) is 2.68. The van der Waals surface area contributed by atoms with Crippen LogP contribution in [-0.4, -0.2) is 11.7 Å². The fourth-order valence-corrected chi connectivity index (χ4v) is 2.28. The first-order valence-corrected chi connectivity index (χ1v) is 5.44. The standard InChI is InChI=1S/C9H11ClN2OS/c1-2-14-8-6(9(12)13)3-5(11)4-7(8)10/h3-4H,2,11H2,1H3,(H2,12,13). The van der Waals surface area contributed by atoms with E-state index in [1.807, 2.05) is 6.92 Å². The Balaban J connectivity index is 3.28. The zero-order valence-electron chi connectivity index (χ0n) is 7.71. The molecule has 1 aromatic carbocycles. The van der Waals surface area contributed by atoms with Gasteiger partial charge in [0.2, 0.25) is 5.91 Å². The monoisotopic (exact) mass is 230 g/mol. The maximum atomic E-state index is 11.1. The molecule has 0 aliphatic rings. The lowest BCUT2D eigenvalue weighted by Gasteiger charge is -2.08. The number of primary amides is 1. The summed E-state index contributed by atoms with van der Waals surface area (Å²) >= 11 is 7.43. The third kappa shape index (κ3) is 2.33. The number of carbonyl (C=O) groups excluding carboxylic acids is 1. The summed E-state index contributed by atoms with van der Waals surface area (Å²) in [6, 6.07) is 3.16. The highest BCUT2D eigenvalue weighted by Crippen LogP contribution is 2.32. The van der Waals surface area contributed by atoms with Crippen molar-refractivity contribution in [1.29, 1.82) is 0 Å². The molecule has 0 saturated carbocycles. The summed E-state index contributed by atoms with van der Waals surface area (Å²) in [5, 5.41) is 0.477. The van der Waals surface area contributed by atoms with Crippen LogP contribution in [0.4, 0.5) is 5.69 Å². The third-order valence-corrected chi connectivity index (χ3v) is 3.05. The lowest BCUT2D eigenvalue weighted by atomic mass is 10.2. The molecule has 14 heavy (non-hydrogen) atoms. The molecule has 0 atom stereocenters. The predicted octanol–water partition coefficient (Wildman–Crippen LogP) is 2.13. The van der Waals surface area contributed by atoms with Crippen LogP contribution >= 0.6 is 23.4 Å². The smallest absolute Gasteiger partial charge is 0.249 e. The Kier molecular flexibility index (Phi) is 3.66. The molecule has 0 aliphatic carbocycles. The van der Waals surface area contributed by atoms with Crippen LogP contribution in [0.25, 0.3) is 0 Å². The fraction of sp³-hybridized carbons (Fsp3) is 0.222. The van der Waals surface area contributed by atoms with E-state index in [-0.39, 0.29) is 0 Å². The minimum Gasteiger partial charge on any atom is -0.399 e. The van der Waals surface area contributed by atoms with Crippen LogP contribution in [0.2, 0.25) is 5.02 Å². The van der Waals surface area contributed by atoms with Crippen LogP contribution in [-0.2, 0) is 0 Å². The molecule has 3 nitrogen and oxygen atoms in total. The number of thioether (sulfide) groups is 1. The van der Waals surface area contributed by atoms with Crippen molar-refractivity contribution in [3.8, 4) is 0 Å². The summed E-state index contributed by atoms with van der Waals surface area (Å²) in [7, 11) is 0. The van der Waals surface area contributed by atoms with Gasteiger partial charge in [-0.15, -0.1) is 11.8 Å². The van der Waals surface area contributed by atoms with Gasteiger partial charge in [-0.3, -0.25) is 4.79 Å². The Labute approximate surface area is 91.8 Å².